The number of carbonyl (C=O) groups is 3. The number of hydrogen-bond acceptors (Lipinski definition) is 17. The normalized spacial score (nSPS) is 19.7. The van der Waals surface area contributed by atoms with E-state index >= 15 is 0 Å². The molecule has 282 valence electrons. The molecule has 0 aromatic heterocycles. The molecule has 3 rings (SSSR count). The van der Waals surface area contributed by atoms with Gasteiger partial charge in [0.1, 0.15) is 0 Å². The molecule has 0 unspecified atom stereocenters. The largest absolute Gasteiger partial charge is 0.502 e. The van der Waals surface area contributed by atoms with Gasteiger partial charge in [-0.15, -0.1) is 24.7 Å². The molecule has 0 aliphatic carbocycles. The predicted molar refractivity (Wildman–Crippen MR) is 191 cm³/mol. The van der Waals surface area contributed by atoms with Crippen LogP contribution >= 0.6 is 13.5 Å². The first-order valence-electron chi connectivity index (χ1n) is 14.5. The molecule has 0 amide bonds. The number of methoxy groups -OCH3 is 1. The molecule has 0 radical (unpaired) electrons. The number of nitrogens with zero attached hydrogens (tertiary/aromatic N) is 2. The van der Waals surface area contributed by atoms with E-state index in [4.69, 9.17) is 41.6 Å². The number of terminal acetylenes is 2. The van der Waals surface area contributed by atoms with Crippen LogP contribution in [0, 0.1) is 50.8 Å². The molecular weight excluding hydrogens is 749 g/mol. The van der Waals surface area contributed by atoms with E-state index in [-0.39, 0.29) is 37.7 Å². The van der Waals surface area contributed by atoms with Crippen molar-refractivity contribution in [3.8, 4) is 36.2 Å². The molecule has 7 atom stereocenters. The Balaban J connectivity index is 0.00000121. The predicted octanol–water partition coefficient (Wildman–Crippen LogP) is 2.89. The molecule has 0 bridgehead atoms. The minimum atomic E-state index is -1.59. The van der Waals surface area contributed by atoms with Crippen molar-refractivity contribution in [2.24, 2.45) is 5.92 Å². The van der Waals surface area contributed by atoms with E-state index in [1.165, 1.54) is 25.1 Å². The maximum atomic E-state index is 12.3. The van der Waals surface area contributed by atoms with Crippen molar-refractivity contribution in [2.45, 2.75) is 70.4 Å². The third-order valence-electron chi connectivity index (χ3n) is 6.92. The summed E-state index contributed by atoms with van der Waals surface area (Å²) in [5, 5.41) is 50.8. The van der Waals surface area contributed by atoms with Gasteiger partial charge in [0.05, 0.1) is 29.2 Å². The van der Waals surface area contributed by atoms with E-state index in [0.717, 1.165) is 39.2 Å². The quantitative estimate of drug-likeness (QED) is 0.0975. The molecule has 17 nitrogen and oxygen atoms in total. The number of phenols is 1. The minimum Gasteiger partial charge on any atom is -0.502 e. The Morgan fingerprint density at radius 3 is 1.81 bits per heavy atom. The average Bonchev–Trinajstić information content (AvgIpc) is 3.08. The monoisotopic (exact) mass is 784 g/mol. The number of nitro groups is 2. The Hall–Kier alpha value is -4.96. The fourth-order valence-electron chi connectivity index (χ4n) is 4.60. The van der Waals surface area contributed by atoms with Gasteiger partial charge >= 0.3 is 29.3 Å². The lowest BCUT2D eigenvalue weighted by atomic mass is 9.90. The number of nitro benzene ring substituents is 2. The molecule has 2 aromatic carbocycles. The number of hydrogen-bond donors (Lipinski definition) is 3. The number of aliphatic hydroxyl groups is 2. The minimum absolute atomic E-state index is 0. The lowest BCUT2D eigenvalue weighted by Crippen LogP contribution is -2.60. The van der Waals surface area contributed by atoms with Crippen LogP contribution in [0.25, 0.3) is 0 Å². The third kappa shape index (κ3) is 13.3. The van der Waals surface area contributed by atoms with Crippen molar-refractivity contribution < 1.29 is 63.2 Å². The molecule has 52 heavy (non-hydrogen) atoms. The fraction of sp³-hybridized carbons (Fsp3) is 0.406. The van der Waals surface area contributed by atoms with Crippen LogP contribution in [-0.4, -0.2) is 74.8 Å². The molecule has 2 aromatic rings. The Bertz CT molecular complexity index is 1660. The first-order chi connectivity index (χ1) is 24.1. The van der Waals surface area contributed by atoms with Gasteiger partial charge in [-0.25, -0.2) is 4.79 Å². The summed E-state index contributed by atoms with van der Waals surface area (Å²) in [5.74, 6) is 0.618. The first kappa shape index (κ1) is 47.0. The van der Waals surface area contributed by atoms with E-state index in [1.54, 1.807) is 0 Å². The molecular formula is C32H36N2O15S3. The lowest BCUT2D eigenvalue weighted by molar-refractivity contribution is -0.387. The number of benzene rings is 2. The second-order valence-electron chi connectivity index (χ2n) is 10.4. The Morgan fingerprint density at radius 2 is 1.37 bits per heavy atom. The highest BCUT2D eigenvalue weighted by atomic mass is 32.8. The van der Waals surface area contributed by atoms with E-state index in [1.807, 2.05) is 0 Å². The number of carbonyl (C=O) groups excluding carboxylic acids is 3. The summed E-state index contributed by atoms with van der Waals surface area (Å²) in [6, 6.07) is 7.30. The standard InChI is InChI=1S/C22H25NO11.C10H9NO4.S2.H2S/c1-6-7-16(26)14-8-9-17(15(10-14)23(28)29)33-22-20(32-13(4)25)18(31-12(3)24)11(2)19(34-22)21(27)30-5;1-2-3-9(12)7-4-5-10(13)8(6-7)11(14)15;1-2;/h1,8-11,16,18-20,22,26H,7H2,2-5H3;1,4-6,9,12-13H,3H2;;1H2/t11-,16-,18-,19-,20+,22+;9-;;/m00../s1. The molecule has 1 aliphatic heterocycles. The molecule has 20 heteroatoms. The van der Waals surface area contributed by atoms with Gasteiger partial charge in [-0.3, -0.25) is 29.8 Å². The van der Waals surface area contributed by atoms with Gasteiger partial charge in [-0.1, -0.05) is 19.1 Å². The summed E-state index contributed by atoms with van der Waals surface area (Å²) in [4.78, 5) is 56.4. The van der Waals surface area contributed by atoms with Gasteiger partial charge in [0.15, 0.2) is 23.7 Å². The second-order valence-corrected chi connectivity index (χ2v) is 10.4. The van der Waals surface area contributed by atoms with Gasteiger partial charge in [-0.05, 0) is 23.3 Å². The summed E-state index contributed by atoms with van der Waals surface area (Å²) in [6.07, 6.45) is 2.63. The van der Waals surface area contributed by atoms with Crippen molar-refractivity contribution in [2.75, 3.05) is 7.11 Å². The van der Waals surface area contributed by atoms with Crippen LogP contribution in [0.2, 0.25) is 0 Å². The highest BCUT2D eigenvalue weighted by molar-refractivity contribution is 8.07. The molecule has 1 heterocycles. The van der Waals surface area contributed by atoms with Crippen molar-refractivity contribution in [3.05, 3.63) is 67.8 Å². The highest BCUT2D eigenvalue weighted by Gasteiger charge is 2.52. The van der Waals surface area contributed by atoms with Crippen molar-refractivity contribution >= 4 is 65.2 Å². The summed E-state index contributed by atoms with van der Waals surface area (Å²) in [5.41, 5.74) is -0.492. The van der Waals surface area contributed by atoms with E-state index < -0.39 is 87.6 Å². The highest BCUT2D eigenvalue weighted by Crippen LogP contribution is 2.37. The first-order valence-corrected chi connectivity index (χ1v) is 15.8. The maximum absolute atomic E-state index is 12.3. The van der Waals surface area contributed by atoms with Crippen molar-refractivity contribution in [3.63, 3.8) is 0 Å². The van der Waals surface area contributed by atoms with Crippen LogP contribution in [0.3, 0.4) is 0 Å². The SMILES string of the molecule is C#CC[C@H](O)c1ccc(O)c([N+](=O)[O-])c1.C#CC[C@H](O)c1ccc(O[C@@H]2O[C@H](C(=O)OC)[C@@H](C)[C@H](OC(C)=O)[C@H]2OC(C)=O)c([N+](=O)[O-])c1.S.S=S. The molecule has 1 fully saturated rings. The van der Waals surface area contributed by atoms with Gasteiger partial charge in [0, 0.05) is 67.1 Å². The topological polar surface area (TPSA) is 244 Å². The van der Waals surface area contributed by atoms with E-state index in [2.05, 4.69) is 34.2 Å². The number of phenolic OH excluding ortho intramolecular Hbond substituents is 1. The lowest BCUT2D eigenvalue weighted by Gasteiger charge is -2.42. The summed E-state index contributed by atoms with van der Waals surface area (Å²) in [6.45, 7) is 3.75. The number of esters is 3. The smallest absolute Gasteiger partial charge is 0.335 e. The zero-order chi connectivity index (χ0) is 39.0. The van der Waals surface area contributed by atoms with Gasteiger partial charge in [0.2, 0.25) is 12.4 Å². The fourth-order valence-corrected chi connectivity index (χ4v) is 4.60. The van der Waals surface area contributed by atoms with Crippen LogP contribution < -0.4 is 4.74 Å². The number of aromatic hydroxyl groups is 1. The number of rotatable bonds is 11. The third-order valence-corrected chi connectivity index (χ3v) is 6.92. The van der Waals surface area contributed by atoms with Crippen LogP contribution in [0.1, 0.15) is 56.9 Å². The maximum Gasteiger partial charge on any atom is 0.335 e. The zero-order valence-corrected chi connectivity index (χ0v) is 30.7. The van der Waals surface area contributed by atoms with Crippen LogP contribution in [0.5, 0.6) is 11.5 Å². The van der Waals surface area contributed by atoms with Crippen LogP contribution in [0.4, 0.5) is 11.4 Å². The van der Waals surface area contributed by atoms with E-state index in [0.29, 0.717) is 5.56 Å². The Labute approximate surface area is 314 Å². The Kier molecular flexibility index (Phi) is 20.6. The molecule has 0 spiro atoms. The van der Waals surface area contributed by atoms with Crippen molar-refractivity contribution in [1.29, 1.82) is 0 Å². The molecule has 3 N–H and O–H groups in total. The molecule has 0 saturated carbocycles. The average molecular weight is 785 g/mol. The number of ether oxygens (including phenoxy) is 5. The molecule has 1 aliphatic rings. The van der Waals surface area contributed by atoms with Gasteiger partial charge < -0.3 is 39.0 Å². The van der Waals surface area contributed by atoms with Crippen LogP contribution in [-0.2, 0) is 55.7 Å². The Morgan fingerprint density at radius 1 is 0.904 bits per heavy atom. The van der Waals surface area contributed by atoms with Crippen molar-refractivity contribution in [1.82, 2.24) is 0 Å². The number of aliphatic hydroxyl groups excluding tert-OH is 2. The summed E-state index contributed by atoms with van der Waals surface area (Å²) >= 11 is 7.33. The zero-order valence-electron chi connectivity index (χ0n) is 28.0. The van der Waals surface area contributed by atoms with E-state index in [9.17, 15) is 44.8 Å². The summed E-state index contributed by atoms with van der Waals surface area (Å²) in [7, 11) is 1.12. The van der Waals surface area contributed by atoms with Crippen LogP contribution in [0.15, 0.2) is 36.4 Å². The van der Waals surface area contributed by atoms with Gasteiger partial charge in [-0.2, -0.15) is 13.5 Å². The molecule has 1 saturated heterocycles. The summed E-state index contributed by atoms with van der Waals surface area (Å²) < 4.78 is 26.6. The second kappa shape index (κ2) is 22.8. The van der Waals surface area contributed by atoms with Gasteiger partial charge in [0.25, 0.3) is 0 Å².